The number of anilines is 2. The van der Waals surface area contributed by atoms with Crippen molar-refractivity contribution < 1.29 is 14.3 Å². The summed E-state index contributed by atoms with van der Waals surface area (Å²) in [5, 5.41) is 14.9. The Morgan fingerprint density at radius 3 is 2.41 bits per heavy atom. The van der Waals surface area contributed by atoms with E-state index in [1.807, 2.05) is 62.4 Å². The lowest BCUT2D eigenvalue weighted by Crippen LogP contribution is -2.20. The fourth-order valence-corrected chi connectivity index (χ4v) is 2.95. The van der Waals surface area contributed by atoms with Gasteiger partial charge in [0.15, 0.2) is 6.61 Å². The van der Waals surface area contributed by atoms with E-state index in [2.05, 4.69) is 10.6 Å². The summed E-state index contributed by atoms with van der Waals surface area (Å²) in [6.07, 6.45) is 1.50. The normalized spacial score (nSPS) is 10.7. The van der Waals surface area contributed by atoms with Crippen LogP contribution in [0.4, 0.5) is 11.4 Å². The van der Waals surface area contributed by atoms with Gasteiger partial charge >= 0.3 is 0 Å². The van der Waals surface area contributed by atoms with Gasteiger partial charge in [0.25, 0.3) is 11.8 Å². The highest BCUT2D eigenvalue weighted by atomic mass is 16.5. The van der Waals surface area contributed by atoms with Crippen LogP contribution in [0, 0.1) is 25.2 Å². The molecular formula is C26H23N3O3. The molecule has 0 fully saturated rings. The maximum Gasteiger partial charge on any atom is 0.266 e. The molecule has 0 heterocycles. The minimum atomic E-state index is -0.477. The van der Waals surface area contributed by atoms with Gasteiger partial charge in [0.2, 0.25) is 0 Å². The number of nitriles is 1. The summed E-state index contributed by atoms with van der Waals surface area (Å²) in [4.78, 5) is 24.5. The van der Waals surface area contributed by atoms with Crippen LogP contribution in [0.1, 0.15) is 16.7 Å². The van der Waals surface area contributed by atoms with Gasteiger partial charge in [0.1, 0.15) is 17.4 Å². The van der Waals surface area contributed by atoms with Crippen LogP contribution in [0.2, 0.25) is 0 Å². The molecule has 0 saturated carbocycles. The molecule has 32 heavy (non-hydrogen) atoms. The number of aryl methyl sites for hydroxylation is 2. The van der Waals surface area contributed by atoms with Crippen molar-refractivity contribution in [2.24, 2.45) is 0 Å². The zero-order chi connectivity index (χ0) is 22.9. The number of carbonyl (C=O) groups is 2. The standard InChI is InChI=1S/C26H23N3O3/c1-18-6-5-8-22(14-18)28-25(30)17-32-23-12-10-20(11-13-23)15-21(16-27)26(31)29-24-9-4-3-7-19(24)2/h3-15H,17H2,1-2H3,(H,28,30)(H,29,31)/b21-15+. The largest absolute Gasteiger partial charge is 0.484 e. The zero-order valence-electron chi connectivity index (χ0n) is 17.9. The van der Waals surface area contributed by atoms with E-state index in [0.717, 1.165) is 11.1 Å². The second-order valence-electron chi connectivity index (χ2n) is 7.21. The number of ether oxygens (including phenoxy) is 1. The van der Waals surface area contributed by atoms with Crippen molar-refractivity contribution >= 4 is 29.3 Å². The van der Waals surface area contributed by atoms with Gasteiger partial charge in [-0.1, -0.05) is 42.5 Å². The molecule has 2 N–H and O–H groups in total. The van der Waals surface area contributed by atoms with Crippen LogP contribution < -0.4 is 15.4 Å². The molecule has 0 aromatic heterocycles. The van der Waals surface area contributed by atoms with Crippen LogP contribution >= 0.6 is 0 Å². The van der Waals surface area contributed by atoms with Crippen LogP contribution in [-0.4, -0.2) is 18.4 Å². The molecule has 2 amide bonds. The minimum Gasteiger partial charge on any atom is -0.484 e. The average molecular weight is 425 g/mol. The highest BCUT2D eigenvalue weighted by molar-refractivity contribution is 6.09. The Labute approximate surface area is 187 Å². The van der Waals surface area contributed by atoms with E-state index < -0.39 is 5.91 Å². The molecule has 3 aromatic carbocycles. The Morgan fingerprint density at radius 2 is 1.72 bits per heavy atom. The van der Waals surface area contributed by atoms with Gasteiger partial charge in [-0.3, -0.25) is 9.59 Å². The van der Waals surface area contributed by atoms with E-state index in [1.54, 1.807) is 30.3 Å². The molecule has 0 bridgehead atoms. The molecule has 0 radical (unpaired) electrons. The molecule has 3 rings (SSSR count). The molecule has 3 aromatic rings. The molecule has 0 aliphatic carbocycles. The molecule has 6 heteroatoms. The maximum absolute atomic E-state index is 12.4. The Morgan fingerprint density at radius 1 is 0.969 bits per heavy atom. The van der Waals surface area contributed by atoms with Gasteiger partial charge in [-0.2, -0.15) is 5.26 Å². The van der Waals surface area contributed by atoms with Gasteiger partial charge in [0, 0.05) is 11.4 Å². The van der Waals surface area contributed by atoms with Crippen molar-refractivity contribution in [1.29, 1.82) is 5.26 Å². The van der Waals surface area contributed by atoms with Gasteiger partial charge in [-0.25, -0.2) is 0 Å². The van der Waals surface area contributed by atoms with Crippen LogP contribution in [0.25, 0.3) is 6.08 Å². The first-order valence-electron chi connectivity index (χ1n) is 10.0. The van der Waals surface area contributed by atoms with E-state index in [1.165, 1.54) is 6.08 Å². The average Bonchev–Trinajstić information content (AvgIpc) is 2.78. The van der Waals surface area contributed by atoms with Crippen molar-refractivity contribution in [2.45, 2.75) is 13.8 Å². The molecule has 0 aliphatic heterocycles. The Hall–Kier alpha value is -4.37. The summed E-state index contributed by atoms with van der Waals surface area (Å²) < 4.78 is 5.52. The van der Waals surface area contributed by atoms with Crippen molar-refractivity contribution in [3.63, 3.8) is 0 Å². The van der Waals surface area contributed by atoms with Gasteiger partial charge < -0.3 is 15.4 Å². The van der Waals surface area contributed by atoms with Crippen molar-refractivity contribution in [3.05, 3.63) is 95.1 Å². The predicted molar refractivity (Wildman–Crippen MR) is 125 cm³/mol. The number of hydrogen-bond donors (Lipinski definition) is 2. The second kappa shape index (κ2) is 10.6. The predicted octanol–water partition coefficient (Wildman–Crippen LogP) is 4.87. The third-order valence-corrected chi connectivity index (χ3v) is 4.62. The lowest BCUT2D eigenvalue weighted by atomic mass is 10.1. The van der Waals surface area contributed by atoms with E-state index in [4.69, 9.17) is 4.74 Å². The van der Waals surface area contributed by atoms with Crippen LogP contribution in [-0.2, 0) is 9.59 Å². The number of nitrogens with one attached hydrogen (secondary N) is 2. The van der Waals surface area contributed by atoms with E-state index >= 15 is 0 Å². The summed E-state index contributed by atoms with van der Waals surface area (Å²) in [6, 6.07) is 23.6. The zero-order valence-corrected chi connectivity index (χ0v) is 17.9. The molecule has 0 spiro atoms. The van der Waals surface area contributed by atoms with Crippen LogP contribution in [0.3, 0.4) is 0 Å². The molecule has 0 saturated heterocycles. The van der Waals surface area contributed by atoms with Crippen molar-refractivity contribution in [3.8, 4) is 11.8 Å². The van der Waals surface area contributed by atoms with Crippen LogP contribution in [0.5, 0.6) is 5.75 Å². The lowest BCUT2D eigenvalue weighted by Gasteiger charge is -2.09. The molecule has 0 aliphatic rings. The monoisotopic (exact) mass is 425 g/mol. The van der Waals surface area contributed by atoms with E-state index in [9.17, 15) is 14.9 Å². The summed E-state index contributed by atoms with van der Waals surface area (Å²) in [5.41, 5.74) is 3.98. The maximum atomic E-state index is 12.4. The smallest absolute Gasteiger partial charge is 0.266 e. The number of benzene rings is 3. The number of carbonyl (C=O) groups excluding carboxylic acids is 2. The third-order valence-electron chi connectivity index (χ3n) is 4.62. The summed E-state index contributed by atoms with van der Waals surface area (Å²) in [6.45, 7) is 3.70. The number of nitrogens with zero attached hydrogens (tertiary/aromatic N) is 1. The van der Waals surface area contributed by atoms with Gasteiger partial charge in [-0.15, -0.1) is 0 Å². The molecule has 0 unspecified atom stereocenters. The van der Waals surface area contributed by atoms with Crippen LogP contribution in [0.15, 0.2) is 78.4 Å². The first-order valence-corrected chi connectivity index (χ1v) is 10.0. The fourth-order valence-electron chi connectivity index (χ4n) is 2.95. The number of para-hydroxylation sites is 1. The Bertz CT molecular complexity index is 1190. The number of amides is 2. The molecule has 0 atom stereocenters. The third kappa shape index (κ3) is 6.31. The fraction of sp³-hybridized carbons (Fsp3) is 0.115. The van der Waals surface area contributed by atoms with E-state index in [0.29, 0.717) is 22.7 Å². The quantitative estimate of drug-likeness (QED) is 0.417. The first-order chi connectivity index (χ1) is 15.4. The Balaban J connectivity index is 1.58. The lowest BCUT2D eigenvalue weighted by molar-refractivity contribution is -0.118. The van der Waals surface area contributed by atoms with Gasteiger partial charge in [0.05, 0.1) is 0 Å². The molecule has 6 nitrogen and oxygen atoms in total. The second-order valence-corrected chi connectivity index (χ2v) is 7.21. The van der Waals surface area contributed by atoms with Gasteiger partial charge in [-0.05, 0) is 66.9 Å². The molecule has 160 valence electrons. The Kier molecular flexibility index (Phi) is 7.39. The molecular weight excluding hydrogens is 402 g/mol. The number of hydrogen-bond acceptors (Lipinski definition) is 4. The highest BCUT2D eigenvalue weighted by Crippen LogP contribution is 2.17. The topological polar surface area (TPSA) is 91.2 Å². The number of rotatable bonds is 7. The van der Waals surface area contributed by atoms with E-state index in [-0.39, 0.29) is 18.1 Å². The summed E-state index contributed by atoms with van der Waals surface area (Å²) in [7, 11) is 0. The highest BCUT2D eigenvalue weighted by Gasteiger charge is 2.11. The SMILES string of the molecule is Cc1cccc(NC(=O)COc2ccc(/C=C(\C#N)C(=O)Nc3ccccc3C)cc2)c1. The van der Waals surface area contributed by atoms with Crippen molar-refractivity contribution in [2.75, 3.05) is 17.2 Å². The first kappa shape index (κ1) is 22.3. The van der Waals surface area contributed by atoms with Crippen molar-refractivity contribution in [1.82, 2.24) is 0 Å². The summed E-state index contributed by atoms with van der Waals surface area (Å²) >= 11 is 0. The minimum absolute atomic E-state index is 0.0144. The summed E-state index contributed by atoms with van der Waals surface area (Å²) in [5.74, 6) is -0.237.